The molecule has 0 spiro atoms. The van der Waals surface area contributed by atoms with Gasteiger partial charge in [0.1, 0.15) is 11.9 Å². The second-order valence-electron chi connectivity index (χ2n) is 3.74. The summed E-state index contributed by atoms with van der Waals surface area (Å²) in [6, 6.07) is 2.92. The van der Waals surface area contributed by atoms with Crippen LogP contribution < -0.4 is 5.73 Å². The maximum atomic E-state index is 12.0. The van der Waals surface area contributed by atoms with Gasteiger partial charge in [-0.2, -0.15) is 13.2 Å². The Morgan fingerprint density at radius 3 is 2.65 bits per heavy atom. The first kappa shape index (κ1) is 14.1. The lowest BCUT2D eigenvalue weighted by atomic mass is 10.1. The van der Waals surface area contributed by atoms with Crippen molar-refractivity contribution in [1.82, 2.24) is 0 Å². The zero-order valence-corrected chi connectivity index (χ0v) is 9.54. The number of ether oxygens (including phenoxy) is 1. The zero-order valence-electron chi connectivity index (χ0n) is 9.54. The van der Waals surface area contributed by atoms with Gasteiger partial charge in [-0.05, 0) is 18.6 Å². The van der Waals surface area contributed by atoms with E-state index in [0.717, 1.165) is 0 Å². The summed E-state index contributed by atoms with van der Waals surface area (Å²) in [6.07, 6.45) is -3.79. The number of rotatable bonds is 6. The van der Waals surface area contributed by atoms with E-state index in [-0.39, 0.29) is 6.04 Å². The molecular formula is C11H16F3NO2. The third-order valence-corrected chi connectivity index (χ3v) is 2.37. The van der Waals surface area contributed by atoms with Crippen LogP contribution in [0.3, 0.4) is 0 Å². The molecule has 1 heterocycles. The van der Waals surface area contributed by atoms with Crippen LogP contribution in [-0.4, -0.2) is 18.8 Å². The van der Waals surface area contributed by atoms with E-state index >= 15 is 0 Å². The standard InChI is InChI=1S/C11H16F3NO2/c1-2-8(15)10(9-4-3-6-16-9)17-7-5-11(12,13)14/h3-4,6,8,10H,2,5,7,15H2,1H3. The van der Waals surface area contributed by atoms with Crippen LogP contribution in [0.5, 0.6) is 0 Å². The molecule has 17 heavy (non-hydrogen) atoms. The topological polar surface area (TPSA) is 48.4 Å². The van der Waals surface area contributed by atoms with E-state index in [1.54, 1.807) is 12.1 Å². The van der Waals surface area contributed by atoms with Crippen LogP contribution in [0.25, 0.3) is 0 Å². The predicted molar refractivity (Wildman–Crippen MR) is 56.3 cm³/mol. The zero-order chi connectivity index (χ0) is 12.9. The molecule has 0 bridgehead atoms. The van der Waals surface area contributed by atoms with Crippen molar-refractivity contribution >= 4 is 0 Å². The summed E-state index contributed by atoms with van der Waals surface area (Å²) in [5.41, 5.74) is 5.79. The van der Waals surface area contributed by atoms with E-state index in [1.807, 2.05) is 6.92 Å². The normalized spacial score (nSPS) is 15.8. The number of halogens is 3. The minimum Gasteiger partial charge on any atom is -0.467 e. The Morgan fingerprint density at radius 2 is 2.18 bits per heavy atom. The molecule has 0 saturated carbocycles. The quantitative estimate of drug-likeness (QED) is 0.845. The highest BCUT2D eigenvalue weighted by molar-refractivity contribution is 5.04. The van der Waals surface area contributed by atoms with Crippen LogP contribution in [0.15, 0.2) is 22.8 Å². The third-order valence-electron chi connectivity index (χ3n) is 2.37. The van der Waals surface area contributed by atoms with Crippen LogP contribution in [0, 0.1) is 0 Å². The predicted octanol–water partition coefficient (Wildman–Crippen LogP) is 3.03. The summed E-state index contributed by atoms with van der Waals surface area (Å²) in [5.74, 6) is 0.460. The lowest BCUT2D eigenvalue weighted by molar-refractivity contribution is -0.151. The summed E-state index contributed by atoms with van der Waals surface area (Å²) in [4.78, 5) is 0. The Hall–Kier alpha value is -1.01. The smallest absolute Gasteiger partial charge is 0.391 e. The first-order valence-corrected chi connectivity index (χ1v) is 5.41. The number of alkyl halides is 3. The molecule has 0 radical (unpaired) electrons. The maximum absolute atomic E-state index is 12.0. The van der Waals surface area contributed by atoms with Gasteiger partial charge in [-0.1, -0.05) is 6.92 Å². The molecule has 0 fully saturated rings. The number of furan rings is 1. The van der Waals surface area contributed by atoms with E-state index in [9.17, 15) is 13.2 Å². The molecule has 3 nitrogen and oxygen atoms in total. The van der Waals surface area contributed by atoms with Gasteiger partial charge in [-0.25, -0.2) is 0 Å². The molecule has 0 aliphatic rings. The molecule has 0 amide bonds. The first-order valence-electron chi connectivity index (χ1n) is 5.41. The number of nitrogens with two attached hydrogens (primary N) is 1. The molecule has 0 saturated heterocycles. The monoisotopic (exact) mass is 251 g/mol. The highest BCUT2D eigenvalue weighted by atomic mass is 19.4. The van der Waals surface area contributed by atoms with Crippen molar-refractivity contribution in [1.29, 1.82) is 0 Å². The Kier molecular flexibility index (Phi) is 5.02. The number of hydrogen-bond acceptors (Lipinski definition) is 3. The molecule has 0 aromatic carbocycles. The van der Waals surface area contributed by atoms with Crippen LogP contribution in [0.2, 0.25) is 0 Å². The summed E-state index contributed by atoms with van der Waals surface area (Å²) >= 11 is 0. The van der Waals surface area contributed by atoms with Crippen molar-refractivity contribution < 1.29 is 22.3 Å². The average Bonchev–Trinajstić information content (AvgIpc) is 2.75. The van der Waals surface area contributed by atoms with E-state index in [2.05, 4.69) is 0 Å². The lowest BCUT2D eigenvalue weighted by Gasteiger charge is -2.21. The SMILES string of the molecule is CCC(N)C(OCCC(F)(F)F)c1ccco1. The van der Waals surface area contributed by atoms with Crippen molar-refractivity contribution in [2.24, 2.45) is 5.73 Å². The van der Waals surface area contributed by atoms with Crippen molar-refractivity contribution in [3.05, 3.63) is 24.2 Å². The van der Waals surface area contributed by atoms with Gasteiger partial charge in [0, 0.05) is 6.04 Å². The van der Waals surface area contributed by atoms with E-state index < -0.39 is 25.3 Å². The summed E-state index contributed by atoms with van der Waals surface area (Å²) in [5, 5.41) is 0. The van der Waals surface area contributed by atoms with Crippen molar-refractivity contribution in [3.63, 3.8) is 0 Å². The Bertz CT molecular complexity index is 311. The molecule has 1 rings (SSSR count). The molecule has 0 aliphatic heterocycles. The third kappa shape index (κ3) is 4.79. The van der Waals surface area contributed by atoms with Crippen molar-refractivity contribution in [2.75, 3.05) is 6.61 Å². The van der Waals surface area contributed by atoms with Gasteiger partial charge in [-0.3, -0.25) is 0 Å². The van der Waals surface area contributed by atoms with Gasteiger partial charge >= 0.3 is 6.18 Å². The van der Waals surface area contributed by atoms with Gasteiger partial charge < -0.3 is 14.9 Å². The molecule has 2 N–H and O–H groups in total. The molecular weight excluding hydrogens is 235 g/mol. The molecule has 98 valence electrons. The van der Waals surface area contributed by atoms with E-state index in [1.165, 1.54) is 6.26 Å². The summed E-state index contributed by atoms with van der Waals surface area (Å²) in [7, 11) is 0. The van der Waals surface area contributed by atoms with Gasteiger partial charge in [0.05, 0.1) is 19.3 Å². The number of hydrogen-bond donors (Lipinski definition) is 1. The molecule has 0 aliphatic carbocycles. The minimum atomic E-state index is -4.22. The van der Waals surface area contributed by atoms with Crippen LogP contribution in [0.1, 0.15) is 31.6 Å². The van der Waals surface area contributed by atoms with Crippen LogP contribution in [-0.2, 0) is 4.74 Å². The highest BCUT2D eigenvalue weighted by Gasteiger charge is 2.29. The summed E-state index contributed by atoms with van der Waals surface area (Å²) in [6.45, 7) is 1.43. The second-order valence-corrected chi connectivity index (χ2v) is 3.74. The fourth-order valence-corrected chi connectivity index (χ4v) is 1.39. The van der Waals surface area contributed by atoms with Gasteiger partial charge in [0.2, 0.25) is 0 Å². The van der Waals surface area contributed by atoms with Crippen molar-refractivity contribution in [2.45, 2.75) is 38.1 Å². The summed E-state index contributed by atoms with van der Waals surface area (Å²) < 4.78 is 46.3. The Balaban J connectivity index is 2.54. The Labute approximate surface area is 97.7 Å². The van der Waals surface area contributed by atoms with Gasteiger partial charge in [-0.15, -0.1) is 0 Å². The maximum Gasteiger partial charge on any atom is 0.391 e. The first-order chi connectivity index (χ1) is 7.94. The van der Waals surface area contributed by atoms with E-state index in [0.29, 0.717) is 12.2 Å². The van der Waals surface area contributed by atoms with Crippen LogP contribution >= 0.6 is 0 Å². The lowest BCUT2D eigenvalue weighted by Crippen LogP contribution is -2.30. The van der Waals surface area contributed by atoms with Gasteiger partial charge in [0.25, 0.3) is 0 Å². The van der Waals surface area contributed by atoms with E-state index in [4.69, 9.17) is 14.9 Å². The van der Waals surface area contributed by atoms with Crippen molar-refractivity contribution in [3.8, 4) is 0 Å². The fraction of sp³-hybridized carbons (Fsp3) is 0.636. The molecule has 2 atom stereocenters. The molecule has 1 aromatic rings. The molecule has 1 aromatic heterocycles. The minimum absolute atomic E-state index is 0.380. The molecule has 2 unspecified atom stereocenters. The second kappa shape index (κ2) is 6.07. The Morgan fingerprint density at radius 1 is 1.47 bits per heavy atom. The average molecular weight is 251 g/mol. The van der Waals surface area contributed by atoms with Gasteiger partial charge in [0.15, 0.2) is 0 Å². The highest BCUT2D eigenvalue weighted by Crippen LogP contribution is 2.25. The molecule has 6 heteroatoms. The fourth-order valence-electron chi connectivity index (χ4n) is 1.39. The van der Waals surface area contributed by atoms with Crippen LogP contribution in [0.4, 0.5) is 13.2 Å². The largest absolute Gasteiger partial charge is 0.467 e.